The summed E-state index contributed by atoms with van der Waals surface area (Å²) in [6.45, 7) is 3.66. The van der Waals surface area contributed by atoms with Gasteiger partial charge in [0.2, 0.25) is 5.91 Å². The lowest BCUT2D eigenvalue weighted by Crippen LogP contribution is -2.34. The van der Waals surface area contributed by atoms with E-state index in [4.69, 9.17) is 16.3 Å². The summed E-state index contributed by atoms with van der Waals surface area (Å²) in [5.41, 5.74) is 3.50. The van der Waals surface area contributed by atoms with Crippen LogP contribution in [0.2, 0.25) is 5.02 Å². The van der Waals surface area contributed by atoms with Crippen molar-refractivity contribution in [2.24, 2.45) is 0 Å². The highest BCUT2D eigenvalue weighted by Gasteiger charge is 2.16. The number of halogens is 1. The number of hydrogen-bond donors (Lipinski definition) is 1. The van der Waals surface area contributed by atoms with Gasteiger partial charge in [0.1, 0.15) is 5.75 Å². The van der Waals surface area contributed by atoms with E-state index in [-0.39, 0.29) is 18.4 Å². The molecular weight excluding hydrogens is 404 g/mol. The second kappa shape index (κ2) is 9.00. The van der Waals surface area contributed by atoms with Crippen LogP contribution in [0.1, 0.15) is 21.7 Å². The first kappa shape index (κ1) is 21.4. The molecule has 0 saturated heterocycles. The second-order valence-corrected chi connectivity index (χ2v) is 7.26. The number of anilines is 1. The maximum absolute atomic E-state index is 12.7. The Hall–Kier alpha value is -3.32. The zero-order valence-corrected chi connectivity index (χ0v) is 18.0. The molecule has 0 radical (unpaired) electrons. The van der Waals surface area contributed by atoms with E-state index in [9.17, 15) is 9.59 Å². The second-order valence-electron chi connectivity index (χ2n) is 6.88. The Balaban J connectivity index is 1.63. The highest BCUT2D eigenvalue weighted by Crippen LogP contribution is 2.22. The number of carbonyl (C=O) groups excluding carboxylic acids is 2. The van der Waals surface area contributed by atoms with E-state index in [1.165, 1.54) is 4.90 Å². The van der Waals surface area contributed by atoms with E-state index in [1.54, 1.807) is 67.4 Å². The number of aryl methyl sites for hydroxylation is 1. The zero-order chi connectivity index (χ0) is 21.8. The van der Waals surface area contributed by atoms with Gasteiger partial charge in [-0.05, 0) is 62.4 Å². The summed E-state index contributed by atoms with van der Waals surface area (Å²) in [6, 6.07) is 14.0. The number of methoxy groups -OCH3 is 1. The minimum atomic E-state index is -0.287. The summed E-state index contributed by atoms with van der Waals surface area (Å²) in [5.74, 6) is 0.161. The van der Waals surface area contributed by atoms with Crippen molar-refractivity contribution in [3.63, 3.8) is 0 Å². The molecule has 0 aliphatic rings. The molecule has 0 unspecified atom stereocenters. The molecule has 1 aromatic heterocycles. The number of carbonyl (C=O) groups is 2. The van der Waals surface area contributed by atoms with Crippen LogP contribution in [0.5, 0.6) is 5.75 Å². The molecule has 8 heteroatoms. The van der Waals surface area contributed by atoms with Crippen molar-refractivity contribution in [3.05, 3.63) is 70.5 Å². The third kappa shape index (κ3) is 4.63. The Morgan fingerprint density at radius 2 is 1.73 bits per heavy atom. The molecule has 2 aromatic carbocycles. The van der Waals surface area contributed by atoms with Crippen LogP contribution >= 0.6 is 11.6 Å². The molecule has 3 aromatic rings. The molecule has 0 bridgehead atoms. The topological polar surface area (TPSA) is 76.5 Å². The smallest absolute Gasteiger partial charge is 0.254 e. The van der Waals surface area contributed by atoms with Gasteiger partial charge in [-0.25, -0.2) is 4.68 Å². The number of rotatable bonds is 6. The minimum Gasteiger partial charge on any atom is -0.497 e. The molecule has 0 spiro atoms. The van der Waals surface area contributed by atoms with Gasteiger partial charge < -0.3 is 15.0 Å². The van der Waals surface area contributed by atoms with Gasteiger partial charge in [-0.2, -0.15) is 5.10 Å². The first-order valence-electron chi connectivity index (χ1n) is 9.31. The first-order valence-corrected chi connectivity index (χ1v) is 9.69. The molecule has 0 atom stereocenters. The molecule has 3 rings (SSSR count). The highest BCUT2D eigenvalue weighted by atomic mass is 35.5. The van der Waals surface area contributed by atoms with Crippen LogP contribution in [-0.4, -0.2) is 47.2 Å². The molecule has 30 heavy (non-hydrogen) atoms. The maximum Gasteiger partial charge on any atom is 0.254 e. The predicted molar refractivity (Wildman–Crippen MR) is 117 cm³/mol. The summed E-state index contributed by atoms with van der Waals surface area (Å²) in [4.78, 5) is 26.3. The van der Waals surface area contributed by atoms with Crippen LogP contribution in [0, 0.1) is 13.8 Å². The summed E-state index contributed by atoms with van der Waals surface area (Å²) in [5, 5.41) is 7.79. The first-order chi connectivity index (χ1) is 14.3. The van der Waals surface area contributed by atoms with E-state index in [1.807, 2.05) is 13.8 Å². The fraction of sp³-hybridized carbons (Fsp3) is 0.227. The van der Waals surface area contributed by atoms with Crippen molar-refractivity contribution in [1.29, 1.82) is 0 Å². The largest absolute Gasteiger partial charge is 0.497 e. The normalized spacial score (nSPS) is 10.6. The average Bonchev–Trinajstić information content (AvgIpc) is 3.01. The standard InChI is InChI=1S/C22H23ClN4O3/c1-14-21(23)15(2)27(25-14)18-9-5-16(6-10-18)22(29)26(3)13-20(28)24-17-7-11-19(30-4)12-8-17/h5-12H,13H2,1-4H3,(H,24,28). The molecule has 0 aliphatic carbocycles. The van der Waals surface area contributed by atoms with Crippen molar-refractivity contribution >= 4 is 29.1 Å². The molecule has 2 amide bonds. The quantitative estimate of drug-likeness (QED) is 0.649. The van der Waals surface area contributed by atoms with E-state index in [2.05, 4.69) is 10.4 Å². The van der Waals surface area contributed by atoms with Crippen molar-refractivity contribution in [2.75, 3.05) is 26.0 Å². The Bertz CT molecular complexity index is 1060. The SMILES string of the molecule is COc1ccc(NC(=O)CN(C)C(=O)c2ccc(-n3nc(C)c(Cl)c3C)cc2)cc1. The van der Waals surface area contributed by atoms with E-state index >= 15 is 0 Å². The number of aromatic nitrogens is 2. The zero-order valence-electron chi connectivity index (χ0n) is 17.3. The Labute approximate surface area is 180 Å². The van der Waals surface area contributed by atoms with Crippen LogP contribution in [0.15, 0.2) is 48.5 Å². The summed E-state index contributed by atoms with van der Waals surface area (Å²) < 4.78 is 6.83. The lowest BCUT2D eigenvalue weighted by atomic mass is 10.2. The molecule has 156 valence electrons. The fourth-order valence-corrected chi connectivity index (χ4v) is 3.12. The maximum atomic E-state index is 12.7. The molecule has 1 heterocycles. The Morgan fingerprint density at radius 3 is 2.27 bits per heavy atom. The van der Waals surface area contributed by atoms with Gasteiger partial charge in [-0.15, -0.1) is 0 Å². The van der Waals surface area contributed by atoms with Crippen LogP contribution in [-0.2, 0) is 4.79 Å². The van der Waals surface area contributed by atoms with Gasteiger partial charge in [0.25, 0.3) is 5.91 Å². The number of amides is 2. The predicted octanol–water partition coefficient (Wildman–Crippen LogP) is 3.86. The van der Waals surface area contributed by atoms with Crippen molar-refractivity contribution in [2.45, 2.75) is 13.8 Å². The van der Waals surface area contributed by atoms with E-state index in [0.29, 0.717) is 22.0 Å². The van der Waals surface area contributed by atoms with Crippen molar-refractivity contribution < 1.29 is 14.3 Å². The average molecular weight is 427 g/mol. The number of hydrogen-bond acceptors (Lipinski definition) is 4. The molecular formula is C22H23ClN4O3. The van der Waals surface area contributed by atoms with Gasteiger partial charge in [0.05, 0.1) is 35.8 Å². The van der Waals surface area contributed by atoms with Gasteiger partial charge >= 0.3 is 0 Å². The van der Waals surface area contributed by atoms with Crippen LogP contribution in [0.3, 0.4) is 0 Å². The molecule has 0 saturated carbocycles. The van der Waals surface area contributed by atoms with Gasteiger partial charge in [-0.1, -0.05) is 11.6 Å². The fourth-order valence-electron chi connectivity index (χ4n) is 3.00. The lowest BCUT2D eigenvalue weighted by Gasteiger charge is -2.17. The van der Waals surface area contributed by atoms with Gasteiger partial charge in [0, 0.05) is 18.3 Å². The monoisotopic (exact) mass is 426 g/mol. The van der Waals surface area contributed by atoms with Crippen LogP contribution in [0.25, 0.3) is 5.69 Å². The highest BCUT2D eigenvalue weighted by molar-refractivity contribution is 6.31. The van der Waals surface area contributed by atoms with E-state index < -0.39 is 0 Å². The lowest BCUT2D eigenvalue weighted by molar-refractivity contribution is -0.116. The molecule has 0 fully saturated rings. The van der Waals surface area contributed by atoms with Crippen molar-refractivity contribution in [3.8, 4) is 11.4 Å². The number of ether oxygens (including phenoxy) is 1. The number of nitrogens with zero attached hydrogens (tertiary/aromatic N) is 3. The van der Waals surface area contributed by atoms with Crippen LogP contribution in [0.4, 0.5) is 5.69 Å². The minimum absolute atomic E-state index is 0.0698. The van der Waals surface area contributed by atoms with E-state index in [0.717, 1.165) is 17.1 Å². The Kier molecular flexibility index (Phi) is 6.42. The summed E-state index contributed by atoms with van der Waals surface area (Å²) in [7, 11) is 3.16. The number of nitrogens with one attached hydrogen (secondary N) is 1. The summed E-state index contributed by atoms with van der Waals surface area (Å²) in [6.07, 6.45) is 0. The van der Waals surface area contributed by atoms with Gasteiger partial charge in [-0.3, -0.25) is 9.59 Å². The third-order valence-electron chi connectivity index (χ3n) is 4.66. The van der Waals surface area contributed by atoms with Crippen molar-refractivity contribution in [1.82, 2.24) is 14.7 Å². The molecule has 0 aliphatic heterocycles. The van der Waals surface area contributed by atoms with Crippen LogP contribution < -0.4 is 10.1 Å². The Morgan fingerprint density at radius 1 is 1.10 bits per heavy atom. The van der Waals surface area contributed by atoms with Gasteiger partial charge in [0.15, 0.2) is 0 Å². The third-order valence-corrected chi connectivity index (χ3v) is 5.21. The number of likely N-dealkylation sites (N-methyl/N-ethyl adjacent to an activating group) is 1. The summed E-state index contributed by atoms with van der Waals surface area (Å²) >= 11 is 6.20. The molecule has 7 nitrogen and oxygen atoms in total. The number of benzene rings is 2. The molecule has 1 N–H and O–H groups in total.